The van der Waals surface area contributed by atoms with Gasteiger partial charge in [0.2, 0.25) is 5.95 Å². The van der Waals surface area contributed by atoms with Gasteiger partial charge in [0, 0.05) is 24.7 Å². The van der Waals surface area contributed by atoms with E-state index in [1.165, 1.54) is 18.5 Å². The molecule has 2 atom stereocenters. The van der Waals surface area contributed by atoms with Gasteiger partial charge in [-0.2, -0.15) is 4.98 Å². The zero-order valence-corrected chi connectivity index (χ0v) is 12.1. The highest BCUT2D eigenvalue weighted by Gasteiger charge is 2.40. The molecule has 19 heavy (non-hydrogen) atoms. The number of hydrogen-bond donors (Lipinski definition) is 1. The number of likely N-dealkylation sites (N-methyl/N-ethyl adjacent to an activating group) is 1. The lowest BCUT2D eigenvalue weighted by molar-refractivity contribution is 0.310. The number of nitrogen functional groups attached to an aromatic ring is 1. The Hall–Kier alpha value is -1.36. The first kappa shape index (κ1) is 12.7. The van der Waals surface area contributed by atoms with Gasteiger partial charge < -0.3 is 15.5 Å². The third kappa shape index (κ3) is 2.06. The highest BCUT2D eigenvalue weighted by molar-refractivity contribution is 5.52. The number of likely N-dealkylation sites (tertiary alicyclic amines) is 1. The van der Waals surface area contributed by atoms with E-state index in [0.29, 0.717) is 12.0 Å². The summed E-state index contributed by atoms with van der Waals surface area (Å²) < 4.78 is 0. The molecule has 2 fully saturated rings. The van der Waals surface area contributed by atoms with Crippen LogP contribution in [0.1, 0.15) is 24.6 Å². The Labute approximate surface area is 114 Å². The van der Waals surface area contributed by atoms with Crippen LogP contribution in [0.5, 0.6) is 0 Å². The number of anilines is 2. The topological polar surface area (TPSA) is 58.3 Å². The Morgan fingerprint density at radius 1 is 1.32 bits per heavy atom. The summed E-state index contributed by atoms with van der Waals surface area (Å²) in [5, 5.41) is 0. The van der Waals surface area contributed by atoms with Gasteiger partial charge in [-0.05, 0) is 39.3 Å². The van der Waals surface area contributed by atoms with Crippen LogP contribution in [-0.2, 0) is 6.42 Å². The maximum Gasteiger partial charge on any atom is 0.222 e. The molecule has 3 heterocycles. The summed E-state index contributed by atoms with van der Waals surface area (Å²) in [5.74, 6) is 2.24. The van der Waals surface area contributed by atoms with Gasteiger partial charge in [-0.3, -0.25) is 0 Å². The first-order valence-corrected chi connectivity index (χ1v) is 7.18. The average molecular weight is 261 g/mol. The van der Waals surface area contributed by atoms with Gasteiger partial charge in [0.05, 0.1) is 5.69 Å². The van der Waals surface area contributed by atoms with E-state index in [2.05, 4.69) is 40.7 Å². The maximum atomic E-state index is 5.86. The van der Waals surface area contributed by atoms with Gasteiger partial charge >= 0.3 is 0 Å². The second-order valence-electron chi connectivity index (χ2n) is 5.83. The molecule has 0 aliphatic carbocycles. The standard InChI is InChI=1S/C14H23N5/c1-4-11-9(2)13(17-14(15)16-11)19-7-10-5-6-18(3)12(10)8-19/h10,12H,4-8H2,1-3H3,(H2,15,16,17)/t10-,12+/m0/s1. The van der Waals surface area contributed by atoms with Crippen molar-refractivity contribution in [2.24, 2.45) is 5.92 Å². The van der Waals surface area contributed by atoms with Crippen molar-refractivity contribution >= 4 is 11.8 Å². The fourth-order valence-corrected chi connectivity index (χ4v) is 3.57. The Bertz CT molecular complexity index is 487. The van der Waals surface area contributed by atoms with Crippen LogP contribution in [0, 0.1) is 12.8 Å². The molecule has 2 aliphatic rings. The third-order valence-corrected chi connectivity index (χ3v) is 4.70. The second-order valence-corrected chi connectivity index (χ2v) is 5.83. The Morgan fingerprint density at radius 2 is 2.11 bits per heavy atom. The minimum atomic E-state index is 0.405. The Morgan fingerprint density at radius 3 is 2.79 bits per heavy atom. The van der Waals surface area contributed by atoms with Gasteiger partial charge in [-0.15, -0.1) is 0 Å². The van der Waals surface area contributed by atoms with E-state index >= 15 is 0 Å². The van der Waals surface area contributed by atoms with Gasteiger partial charge in [-0.25, -0.2) is 4.98 Å². The number of nitrogens with two attached hydrogens (primary N) is 1. The number of rotatable bonds is 2. The number of nitrogens with zero attached hydrogens (tertiary/aromatic N) is 4. The number of aromatic nitrogens is 2. The molecule has 2 N–H and O–H groups in total. The summed E-state index contributed by atoms with van der Waals surface area (Å²) in [7, 11) is 2.23. The monoisotopic (exact) mass is 261 g/mol. The van der Waals surface area contributed by atoms with Crippen LogP contribution < -0.4 is 10.6 Å². The lowest BCUT2D eigenvalue weighted by Gasteiger charge is -2.23. The van der Waals surface area contributed by atoms with E-state index in [9.17, 15) is 0 Å². The van der Waals surface area contributed by atoms with Crippen LogP contribution >= 0.6 is 0 Å². The first-order valence-electron chi connectivity index (χ1n) is 7.18. The molecule has 1 aromatic rings. The third-order valence-electron chi connectivity index (χ3n) is 4.70. The van der Waals surface area contributed by atoms with Crippen LogP contribution in [0.2, 0.25) is 0 Å². The summed E-state index contributed by atoms with van der Waals surface area (Å²) in [6.07, 6.45) is 2.21. The van der Waals surface area contributed by atoms with E-state index in [0.717, 1.165) is 36.9 Å². The molecule has 2 aliphatic heterocycles. The minimum absolute atomic E-state index is 0.405. The summed E-state index contributed by atoms with van der Waals surface area (Å²) in [6.45, 7) is 7.64. The molecular weight excluding hydrogens is 238 g/mol. The molecule has 1 aromatic heterocycles. The van der Waals surface area contributed by atoms with Crippen molar-refractivity contribution in [1.82, 2.24) is 14.9 Å². The van der Waals surface area contributed by atoms with Crippen LogP contribution in [-0.4, -0.2) is 47.6 Å². The van der Waals surface area contributed by atoms with E-state index < -0.39 is 0 Å². The molecule has 3 rings (SSSR count). The van der Waals surface area contributed by atoms with Crippen molar-refractivity contribution in [3.05, 3.63) is 11.3 Å². The van der Waals surface area contributed by atoms with E-state index in [-0.39, 0.29) is 0 Å². The predicted octanol–water partition coefficient (Wildman–Crippen LogP) is 1.07. The normalized spacial score (nSPS) is 27.0. The first-order chi connectivity index (χ1) is 9.10. The van der Waals surface area contributed by atoms with Crippen molar-refractivity contribution in [2.75, 3.05) is 37.3 Å². The van der Waals surface area contributed by atoms with Crippen molar-refractivity contribution in [3.8, 4) is 0 Å². The summed E-state index contributed by atoms with van der Waals surface area (Å²) in [4.78, 5) is 13.7. The molecule has 0 unspecified atom stereocenters. The van der Waals surface area contributed by atoms with Gasteiger partial charge in [0.15, 0.2) is 0 Å². The molecule has 0 spiro atoms. The van der Waals surface area contributed by atoms with Crippen LogP contribution in [0.25, 0.3) is 0 Å². The summed E-state index contributed by atoms with van der Waals surface area (Å²) >= 11 is 0. The molecule has 5 nitrogen and oxygen atoms in total. The zero-order chi connectivity index (χ0) is 13.6. The molecule has 104 valence electrons. The predicted molar refractivity (Wildman–Crippen MR) is 77.3 cm³/mol. The van der Waals surface area contributed by atoms with Crippen LogP contribution in [0.4, 0.5) is 11.8 Å². The number of fused-ring (bicyclic) bond motifs is 1. The number of hydrogen-bond acceptors (Lipinski definition) is 5. The van der Waals surface area contributed by atoms with Crippen molar-refractivity contribution in [2.45, 2.75) is 32.7 Å². The van der Waals surface area contributed by atoms with Gasteiger partial charge in [0.1, 0.15) is 5.82 Å². The van der Waals surface area contributed by atoms with Crippen molar-refractivity contribution < 1.29 is 0 Å². The fraction of sp³-hybridized carbons (Fsp3) is 0.714. The lowest BCUT2D eigenvalue weighted by atomic mass is 10.1. The summed E-state index contributed by atoms with van der Waals surface area (Å²) in [5.41, 5.74) is 8.13. The Kier molecular flexibility index (Phi) is 3.09. The molecule has 0 saturated carbocycles. The Balaban J connectivity index is 1.90. The van der Waals surface area contributed by atoms with Crippen LogP contribution in [0.3, 0.4) is 0 Å². The van der Waals surface area contributed by atoms with Gasteiger partial charge in [0.25, 0.3) is 0 Å². The highest BCUT2D eigenvalue weighted by Crippen LogP contribution is 2.34. The molecule has 0 amide bonds. The minimum Gasteiger partial charge on any atom is -0.368 e. The fourth-order valence-electron chi connectivity index (χ4n) is 3.57. The number of aryl methyl sites for hydroxylation is 1. The van der Waals surface area contributed by atoms with E-state index in [1.54, 1.807) is 0 Å². The summed E-state index contributed by atoms with van der Waals surface area (Å²) in [6, 6.07) is 0.681. The lowest BCUT2D eigenvalue weighted by Crippen LogP contribution is -2.32. The largest absolute Gasteiger partial charge is 0.368 e. The quantitative estimate of drug-likeness (QED) is 0.863. The molecule has 5 heteroatoms. The van der Waals surface area contributed by atoms with Crippen LogP contribution in [0.15, 0.2) is 0 Å². The van der Waals surface area contributed by atoms with Crippen molar-refractivity contribution in [3.63, 3.8) is 0 Å². The van der Waals surface area contributed by atoms with E-state index in [1.807, 2.05) is 0 Å². The maximum absolute atomic E-state index is 5.86. The average Bonchev–Trinajstić information content (AvgIpc) is 2.94. The smallest absolute Gasteiger partial charge is 0.222 e. The van der Waals surface area contributed by atoms with E-state index in [4.69, 9.17) is 5.73 Å². The molecule has 0 aromatic carbocycles. The molecule has 0 bridgehead atoms. The zero-order valence-electron chi connectivity index (χ0n) is 12.1. The van der Waals surface area contributed by atoms with Crippen molar-refractivity contribution in [1.29, 1.82) is 0 Å². The molecular formula is C14H23N5. The van der Waals surface area contributed by atoms with Gasteiger partial charge in [-0.1, -0.05) is 6.92 Å². The SMILES string of the molecule is CCc1nc(N)nc(N2C[C@@H]3CCN(C)[C@@H]3C2)c1C. The molecule has 0 radical (unpaired) electrons. The second kappa shape index (κ2) is 4.63. The molecule has 2 saturated heterocycles. The highest BCUT2D eigenvalue weighted by atomic mass is 15.3.